The number of hydrogen-bond acceptors (Lipinski definition) is 5. The SMILES string of the molecule is CCOC(=N[C@H]1CCCc2ccccc21)NC(=O)c1ccc2c(c1)OCO2. The maximum atomic E-state index is 12.6. The first kappa shape index (κ1) is 17.4. The van der Waals surface area contributed by atoms with Crippen LogP contribution in [0.5, 0.6) is 11.5 Å². The Kier molecular flexibility index (Phi) is 4.96. The van der Waals surface area contributed by atoms with E-state index in [0.29, 0.717) is 23.7 Å². The molecule has 4 rings (SSSR count). The lowest BCUT2D eigenvalue weighted by molar-refractivity contribution is 0.0965. The third-order valence-electron chi connectivity index (χ3n) is 4.75. The molecular formula is C21H22N2O4. The number of ether oxygens (including phenoxy) is 3. The van der Waals surface area contributed by atoms with Gasteiger partial charge in [0.05, 0.1) is 12.6 Å². The van der Waals surface area contributed by atoms with Gasteiger partial charge >= 0.3 is 0 Å². The minimum Gasteiger partial charge on any atom is -0.465 e. The molecule has 2 aromatic carbocycles. The van der Waals surface area contributed by atoms with Crippen LogP contribution in [-0.4, -0.2) is 25.3 Å². The summed E-state index contributed by atoms with van der Waals surface area (Å²) in [4.78, 5) is 17.4. The van der Waals surface area contributed by atoms with E-state index in [2.05, 4.69) is 23.5 Å². The van der Waals surface area contributed by atoms with Crippen molar-refractivity contribution >= 4 is 11.9 Å². The highest BCUT2D eigenvalue weighted by molar-refractivity contribution is 6.04. The van der Waals surface area contributed by atoms with Gasteiger partial charge in [-0.25, -0.2) is 4.99 Å². The Bertz CT molecular complexity index is 878. The first-order valence-electron chi connectivity index (χ1n) is 9.24. The summed E-state index contributed by atoms with van der Waals surface area (Å²) in [7, 11) is 0. The standard InChI is InChI=1S/C21H22N2O4/c1-2-25-21(22-17-9-5-7-14-6-3-4-8-16(14)17)23-20(24)15-10-11-18-19(12-15)27-13-26-18/h3-4,6,8,10-12,17H,2,5,7,9,13H2,1H3,(H,22,23,24)/t17-/m0/s1. The normalized spacial score (nSPS) is 18.0. The second kappa shape index (κ2) is 7.70. The summed E-state index contributed by atoms with van der Waals surface area (Å²) in [5.41, 5.74) is 2.99. The number of aliphatic imine (C=N–C) groups is 1. The Balaban J connectivity index is 1.54. The number of amides is 1. The molecule has 2 aliphatic rings. The van der Waals surface area contributed by atoms with Crippen LogP contribution in [0.25, 0.3) is 0 Å². The van der Waals surface area contributed by atoms with E-state index in [1.165, 1.54) is 11.1 Å². The summed E-state index contributed by atoms with van der Waals surface area (Å²) >= 11 is 0. The van der Waals surface area contributed by atoms with Crippen LogP contribution in [0.1, 0.15) is 47.3 Å². The molecule has 27 heavy (non-hydrogen) atoms. The molecule has 2 aromatic rings. The summed E-state index contributed by atoms with van der Waals surface area (Å²) in [6.07, 6.45) is 3.07. The number of hydrogen-bond donors (Lipinski definition) is 1. The summed E-state index contributed by atoms with van der Waals surface area (Å²) in [5.74, 6) is 0.924. The fourth-order valence-electron chi connectivity index (χ4n) is 3.45. The van der Waals surface area contributed by atoms with Crippen molar-refractivity contribution in [3.63, 3.8) is 0 Å². The number of fused-ring (bicyclic) bond motifs is 2. The first-order valence-corrected chi connectivity index (χ1v) is 9.24. The van der Waals surface area contributed by atoms with Gasteiger partial charge in [-0.05, 0) is 55.5 Å². The highest BCUT2D eigenvalue weighted by Crippen LogP contribution is 2.33. The highest BCUT2D eigenvalue weighted by atomic mass is 16.7. The smallest absolute Gasteiger partial charge is 0.292 e. The van der Waals surface area contributed by atoms with Crippen LogP contribution < -0.4 is 14.8 Å². The van der Waals surface area contributed by atoms with Gasteiger partial charge in [0.1, 0.15) is 0 Å². The quantitative estimate of drug-likeness (QED) is 0.665. The van der Waals surface area contributed by atoms with Crippen LogP contribution >= 0.6 is 0 Å². The number of nitrogens with zero attached hydrogens (tertiary/aromatic N) is 1. The van der Waals surface area contributed by atoms with Crippen molar-refractivity contribution in [3.05, 3.63) is 59.2 Å². The predicted octanol–water partition coefficient (Wildman–Crippen LogP) is 3.62. The molecule has 1 heterocycles. The first-order chi connectivity index (χ1) is 13.2. The lowest BCUT2D eigenvalue weighted by Crippen LogP contribution is -2.33. The van der Waals surface area contributed by atoms with E-state index in [1.807, 2.05) is 13.0 Å². The highest BCUT2D eigenvalue weighted by Gasteiger charge is 2.22. The van der Waals surface area contributed by atoms with Crippen molar-refractivity contribution in [2.24, 2.45) is 4.99 Å². The number of rotatable bonds is 3. The lowest BCUT2D eigenvalue weighted by Gasteiger charge is -2.23. The van der Waals surface area contributed by atoms with Gasteiger partial charge in [0.2, 0.25) is 6.79 Å². The van der Waals surface area contributed by atoms with E-state index < -0.39 is 0 Å². The second-order valence-corrected chi connectivity index (χ2v) is 6.50. The zero-order valence-electron chi connectivity index (χ0n) is 15.2. The zero-order valence-corrected chi connectivity index (χ0v) is 15.2. The average Bonchev–Trinajstić information content (AvgIpc) is 3.16. The van der Waals surface area contributed by atoms with Gasteiger partial charge < -0.3 is 14.2 Å². The Hall–Kier alpha value is -3.02. The van der Waals surface area contributed by atoms with Crippen LogP contribution in [0, 0.1) is 0 Å². The average molecular weight is 366 g/mol. The van der Waals surface area contributed by atoms with Crippen LogP contribution in [0.2, 0.25) is 0 Å². The topological polar surface area (TPSA) is 69.2 Å². The van der Waals surface area contributed by atoms with E-state index in [1.54, 1.807) is 18.2 Å². The molecule has 6 nitrogen and oxygen atoms in total. The van der Waals surface area contributed by atoms with Gasteiger partial charge in [-0.1, -0.05) is 24.3 Å². The molecule has 0 unspecified atom stereocenters. The van der Waals surface area contributed by atoms with E-state index in [-0.39, 0.29) is 24.8 Å². The Labute approximate surface area is 158 Å². The number of aryl methyl sites for hydroxylation is 1. The molecule has 140 valence electrons. The van der Waals surface area contributed by atoms with Crippen molar-refractivity contribution in [2.45, 2.75) is 32.2 Å². The molecule has 0 bridgehead atoms. The third-order valence-corrected chi connectivity index (χ3v) is 4.75. The molecule has 1 N–H and O–H groups in total. The molecule has 0 radical (unpaired) electrons. The number of carbonyl (C=O) groups is 1. The second-order valence-electron chi connectivity index (χ2n) is 6.50. The number of benzene rings is 2. The molecule has 0 spiro atoms. The summed E-state index contributed by atoms with van der Waals surface area (Å²) in [6.45, 7) is 2.47. The van der Waals surface area contributed by atoms with E-state index >= 15 is 0 Å². The van der Waals surface area contributed by atoms with Gasteiger partial charge in [0.15, 0.2) is 11.5 Å². The van der Waals surface area contributed by atoms with E-state index in [9.17, 15) is 4.79 Å². The zero-order chi connectivity index (χ0) is 18.6. The fraction of sp³-hybridized carbons (Fsp3) is 0.333. The molecule has 0 saturated carbocycles. The lowest BCUT2D eigenvalue weighted by atomic mass is 9.88. The molecule has 6 heteroatoms. The molecule has 0 aromatic heterocycles. The predicted molar refractivity (Wildman–Crippen MR) is 101 cm³/mol. The van der Waals surface area contributed by atoms with Gasteiger partial charge in [-0.15, -0.1) is 0 Å². The third kappa shape index (κ3) is 3.74. The largest absolute Gasteiger partial charge is 0.465 e. The number of carbonyl (C=O) groups excluding carboxylic acids is 1. The molecule has 1 atom stereocenters. The summed E-state index contributed by atoms with van der Waals surface area (Å²) in [6, 6.07) is 13.7. The van der Waals surface area contributed by atoms with E-state index in [0.717, 1.165) is 19.3 Å². The van der Waals surface area contributed by atoms with Crippen molar-refractivity contribution < 1.29 is 19.0 Å². The van der Waals surface area contributed by atoms with Crippen molar-refractivity contribution in [3.8, 4) is 11.5 Å². The molecular weight excluding hydrogens is 344 g/mol. The monoisotopic (exact) mass is 366 g/mol. The fourth-order valence-corrected chi connectivity index (χ4v) is 3.45. The Morgan fingerprint density at radius 3 is 2.96 bits per heavy atom. The van der Waals surface area contributed by atoms with Crippen LogP contribution in [-0.2, 0) is 11.2 Å². The van der Waals surface area contributed by atoms with Crippen LogP contribution in [0.15, 0.2) is 47.5 Å². The van der Waals surface area contributed by atoms with Gasteiger partial charge in [0, 0.05) is 5.56 Å². The van der Waals surface area contributed by atoms with Gasteiger partial charge in [0.25, 0.3) is 11.9 Å². The van der Waals surface area contributed by atoms with Crippen LogP contribution in [0.4, 0.5) is 0 Å². The van der Waals surface area contributed by atoms with Crippen molar-refractivity contribution in [2.75, 3.05) is 13.4 Å². The minimum absolute atomic E-state index is 0.00597. The van der Waals surface area contributed by atoms with Crippen molar-refractivity contribution in [1.82, 2.24) is 5.32 Å². The molecule has 0 saturated heterocycles. The minimum atomic E-state index is -0.287. The molecule has 0 fully saturated rings. The summed E-state index contributed by atoms with van der Waals surface area (Å²) < 4.78 is 16.2. The Morgan fingerprint density at radius 1 is 1.22 bits per heavy atom. The van der Waals surface area contributed by atoms with E-state index in [4.69, 9.17) is 19.2 Å². The molecule has 1 amide bonds. The van der Waals surface area contributed by atoms with Gasteiger partial charge in [-0.3, -0.25) is 10.1 Å². The number of nitrogens with one attached hydrogen (secondary N) is 1. The molecule has 1 aliphatic heterocycles. The maximum absolute atomic E-state index is 12.6. The molecule has 1 aliphatic carbocycles. The van der Waals surface area contributed by atoms with Crippen LogP contribution in [0.3, 0.4) is 0 Å². The van der Waals surface area contributed by atoms with Gasteiger partial charge in [-0.2, -0.15) is 0 Å². The summed E-state index contributed by atoms with van der Waals surface area (Å²) in [5, 5.41) is 2.80. The Morgan fingerprint density at radius 2 is 2.07 bits per heavy atom. The van der Waals surface area contributed by atoms with Crippen molar-refractivity contribution in [1.29, 1.82) is 0 Å². The maximum Gasteiger partial charge on any atom is 0.292 e. The number of amidine groups is 1.